The maximum absolute atomic E-state index is 11.4. The Labute approximate surface area is 60.6 Å². The van der Waals surface area contributed by atoms with Gasteiger partial charge >= 0.3 is 12.1 Å². The maximum Gasteiger partial charge on any atom is 0.471 e. The average molecular weight is 169 g/mol. The van der Waals surface area contributed by atoms with E-state index in [2.05, 4.69) is 0 Å². The number of hydrogen-bond donors (Lipinski definition) is 1. The SMILES string of the molecule is C[C@@H](C=O)NC(=O)C(F)(F)F. The summed E-state index contributed by atoms with van der Waals surface area (Å²) in [6.07, 6.45) is -4.71. The minimum atomic E-state index is -4.92. The van der Waals surface area contributed by atoms with E-state index in [0.29, 0.717) is 0 Å². The van der Waals surface area contributed by atoms with E-state index in [4.69, 9.17) is 0 Å². The van der Waals surface area contributed by atoms with Gasteiger partial charge in [0.1, 0.15) is 6.29 Å². The van der Waals surface area contributed by atoms with Crippen molar-refractivity contribution in [2.75, 3.05) is 0 Å². The van der Waals surface area contributed by atoms with Crippen LogP contribution in [-0.2, 0) is 9.59 Å². The van der Waals surface area contributed by atoms with Crippen LogP contribution in [0.2, 0.25) is 0 Å². The second-order valence-corrected chi connectivity index (χ2v) is 1.90. The Morgan fingerprint density at radius 3 is 2.27 bits per heavy atom. The molecule has 1 atom stereocenters. The molecule has 0 saturated carbocycles. The van der Waals surface area contributed by atoms with Crippen molar-refractivity contribution >= 4 is 12.2 Å². The van der Waals surface area contributed by atoms with Gasteiger partial charge in [-0.25, -0.2) is 0 Å². The van der Waals surface area contributed by atoms with Crippen molar-refractivity contribution in [1.82, 2.24) is 5.32 Å². The lowest BCUT2D eigenvalue weighted by atomic mass is 10.4. The topological polar surface area (TPSA) is 46.2 Å². The predicted molar refractivity (Wildman–Crippen MR) is 29.7 cm³/mol. The fourth-order valence-corrected chi connectivity index (χ4v) is 0.323. The van der Waals surface area contributed by atoms with Gasteiger partial charge in [-0.3, -0.25) is 4.79 Å². The zero-order chi connectivity index (χ0) is 9.07. The smallest absolute Gasteiger partial charge is 0.339 e. The van der Waals surface area contributed by atoms with Crippen LogP contribution in [-0.4, -0.2) is 24.4 Å². The highest BCUT2D eigenvalue weighted by Gasteiger charge is 2.39. The Bertz CT molecular complexity index is 166. The molecule has 0 aliphatic carbocycles. The molecule has 0 spiro atoms. The molecule has 64 valence electrons. The Hall–Kier alpha value is -1.07. The molecule has 3 nitrogen and oxygen atoms in total. The van der Waals surface area contributed by atoms with E-state index in [9.17, 15) is 22.8 Å². The highest BCUT2D eigenvalue weighted by atomic mass is 19.4. The van der Waals surface area contributed by atoms with Gasteiger partial charge in [-0.2, -0.15) is 13.2 Å². The molecule has 0 aromatic rings. The third-order valence-electron chi connectivity index (χ3n) is 0.820. The van der Waals surface area contributed by atoms with E-state index in [1.165, 1.54) is 5.32 Å². The molecular weight excluding hydrogens is 163 g/mol. The first-order valence-corrected chi connectivity index (χ1v) is 2.71. The summed E-state index contributed by atoms with van der Waals surface area (Å²) in [6.45, 7) is 1.15. The minimum Gasteiger partial charge on any atom is -0.339 e. The summed E-state index contributed by atoms with van der Waals surface area (Å²) in [5, 5.41) is 1.44. The van der Waals surface area contributed by atoms with Crippen molar-refractivity contribution in [2.45, 2.75) is 19.1 Å². The van der Waals surface area contributed by atoms with Gasteiger partial charge in [0, 0.05) is 0 Å². The standard InChI is InChI=1S/C5H6F3NO2/c1-3(2-10)9-4(11)5(6,7)8/h2-3H,1H3,(H,9,11)/t3-/m0/s1. The number of carbonyl (C=O) groups is 2. The van der Waals surface area contributed by atoms with Gasteiger partial charge < -0.3 is 10.1 Å². The number of hydrogen-bond acceptors (Lipinski definition) is 2. The van der Waals surface area contributed by atoms with Crippen molar-refractivity contribution < 1.29 is 22.8 Å². The lowest BCUT2D eigenvalue weighted by Gasteiger charge is -2.08. The van der Waals surface area contributed by atoms with Gasteiger partial charge in [-0.05, 0) is 6.92 Å². The molecule has 0 aliphatic rings. The second kappa shape index (κ2) is 3.36. The lowest BCUT2D eigenvalue weighted by molar-refractivity contribution is -0.174. The lowest BCUT2D eigenvalue weighted by Crippen LogP contribution is -2.42. The van der Waals surface area contributed by atoms with E-state index >= 15 is 0 Å². The number of carbonyl (C=O) groups excluding carboxylic acids is 2. The van der Waals surface area contributed by atoms with Gasteiger partial charge in [0.25, 0.3) is 0 Å². The Balaban J connectivity index is 3.98. The number of aldehydes is 1. The van der Waals surface area contributed by atoms with Crippen LogP contribution >= 0.6 is 0 Å². The molecule has 0 bridgehead atoms. The van der Waals surface area contributed by atoms with E-state index in [1.54, 1.807) is 0 Å². The number of alkyl halides is 3. The molecule has 0 aromatic heterocycles. The molecular formula is C5H6F3NO2. The number of halogens is 3. The van der Waals surface area contributed by atoms with Crippen LogP contribution in [0.3, 0.4) is 0 Å². The first-order valence-electron chi connectivity index (χ1n) is 2.71. The molecule has 1 amide bonds. The average Bonchev–Trinajstić information content (AvgIpc) is 1.85. The summed E-state index contributed by atoms with van der Waals surface area (Å²) in [5.74, 6) is -2.10. The van der Waals surface area contributed by atoms with Crippen molar-refractivity contribution in [3.05, 3.63) is 0 Å². The minimum absolute atomic E-state index is 0.212. The summed E-state index contributed by atoms with van der Waals surface area (Å²) in [6, 6.07) is -1.11. The van der Waals surface area contributed by atoms with Gasteiger partial charge in [0.05, 0.1) is 6.04 Å². The molecule has 0 heterocycles. The molecule has 6 heteroatoms. The molecule has 0 rings (SSSR count). The van der Waals surface area contributed by atoms with E-state index in [-0.39, 0.29) is 6.29 Å². The predicted octanol–water partition coefficient (Wildman–Crippen LogP) is 0.252. The fourth-order valence-electron chi connectivity index (χ4n) is 0.323. The van der Waals surface area contributed by atoms with E-state index in [0.717, 1.165) is 6.92 Å². The quantitative estimate of drug-likeness (QED) is 0.602. The third kappa shape index (κ3) is 3.59. The largest absolute Gasteiger partial charge is 0.471 e. The van der Waals surface area contributed by atoms with Gasteiger partial charge in [0.2, 0.25) is 0 Å². The first kappa shape index (κ1) is 9.93. The van der Waals surface area contributed by atoms with Crippen molar-refractivity contribution in [1.29, 1.82) is 0 Å². The van der Waals surface area contributed by atoms with Crippen molar-refractivity contribution in [2.24, 2.45) is 0 Å². The van der Waals surface area contributed by atoms with Crippen LogP contribution in [0.1, 0.15) is 6.92 Å². The maximum atomic E-state index is 11.4. The normalized spacial score (nSPS) is 13.8. The van der Waals surface area contributed by atoms with E-state index in [1.807, 2.05) is 0 Å². The third-order valence-corrected chi connectivity index (χ3v) is 0.820. The number of amides is 1. The highest BCUT2D eigenvalue weighted by molar-refractivity contribution is 5.84. The summed E-state index contributed by atoms with van der Waals surface area (Å²) in [4.78, 5) is 19.8. The molecule has 0 radical (unpaired) electrons. The summed E-state index contributed by atoms with van der Waals surface area (Å²) in [7, 11) is 0. The van der Waals surface area contributed by atoms with Gasteiger partial charge in [-0.1, -0.05) is 0 Å². The van der Waals surface area contributed by atoms with Gasteiger partial charge in [0.15, 0.2) is 0 Å². The number of rotatable bonds is 2. The molecule has 11 heavy (non-hydrogen) atoms. The van der Waals surface area contributed by atoms with Crippen molar-refractivity contribution in [3.63, 3.8) is 0 Å². The molecule has 0 saturated heterocycles. The Morgan fingerprint density at radius 2 is 2.00 bits per heavy atom. The van der Waals surface area contributed by atoms with Crippen LogP contribution in [0.4, 0.5) is 13.2 Å². The van der Waals surface area contributed by atoms with Crippen LogP contribution in [0.15, 0.2) is 0 Å². The van der Waals surface area contributed by atoms with Crippen LogP contribution < -0.4 is 5.32 Å². The first-order chi connectivity index (χ1) is 4.88. The summed E-state index contributed by atoms with van der Waals surface area (Å²) >= 11 is 0. The van der Waals surface area contributed by atoms with Crippen LogP contribution in [0.5, 0.6) is 0 Å². The zero-order valence-corrected chi connectivity index (χ0v) is 5.61. The Kier molecular flexibility index (Phi) is 3.03. The molecule has 0 fully saturated rings. The summed E-state index contributed by atoms with van der Waals surface area (Å²) in [5.41, 5.74) is 0. The summed E-state index contributed by atoms with van der Waals surface area (Å²) < 4.78 is 34.3. The molecule has 1 N–H and O–H groups in total. The molecule has 0 unspecified atom stereocenters. The fraction of sp³-hybridized carbons (Fsp3) is 0.600. The highest BCUT2D eigenvalue weighted by Crippen LogP contribution is 2.13. The van der Waals surface area contributed by atoms with Crippen molar-refractivity contribution in [3.8, 4) is 0 Å². The second-order valence-electron chi connectivity index (χ2n) is 1.90. The van der Waals surface area contributed by atoms with E-state index < -0.39 is 18.1 Å². The molecule has 0 aromatic carbocycles. The van der Waals surface area contributed by atoms with Gasteiger partial charge in [-0.15, -0.1) is 0 Å². The number of nitrogens with one attached hydrogen (secondary N) is 1. The monoisotopic (exact) mass is 169 g/mol. The van der Waals surface area contributed by atoms with Crippen LogP contribution in [0, 0.1) is 0 Å². The molecule has 0 aliphatic heterocycles. The Morgan fingerprint density at radius 1 is 1.55 bits per heavy atom. The van der Waals surface area contributed by atoms with Crippen LogP contribution in [0.25, 0.3) is 0 Å². The zero-order valence-electron chi connectivity index (χ0n) is 5.61.